The fraction of sp³-hybridized carbons (Fsp3) is 0.125. The minimum absolute atomic E-state index is 0.258. The summed E-state index contributed by atoms with van der Waals surface area (Å²) < 4.78 is 0. The van der Waals surface area contributed by atoms with Gasteiger partial charge in [0.25, 0.3) is 5.91 Å². The standard InChI is InChI=1S/C16H15ClN2OS/c1-10-6-7-11(2)14(8-10)18-16(21)19-15(20)12-4-3-5-13(17)9-12/h3-9H,1-2H3,(H2,18,19,20,21). The molecule has 0 aliphatic carbocycles. The van der Waals surface area contributed by atoms with Crippen LogP contribution in [0.15, 0.2) is 42.5 Å². The maximum Gasteiger partial charge on any atom is 0.257 e. The van der Waals surface area contributed by atoms with Crippen molar-refractivity contribution in [1.29, 1.82) is 0 Å². The van der Waals surface area contributed by atoms with E-state index in [-0.39, 0.29) is 11.0 Å². The van der Waals surface area contributed by atoms with E-state index in [1.807, 2.05) is 32.0 Å². The van der Waals surface area contributed by atoms with E-state index in [4.69, 9.17) is 23.8 Å². The molecular weight excluding hydrogens is 304 g/mol. The quantitative estimate of drug-likeness (QED) is 0.820. The molecule has 2 rings (SSSR count). The van der Waals surface area contributed by atoms with Gasteiger partial charge in [0, 0.05) is 16.3 Å². The summed E-state index contributed by atoms with van der Waals surface area (Å²) >= 11 is 11.0. The highest BCUT2D eigenvalue weighted by Crippen LogP contribution is 2.16. The van der Waals surface area contributed by atoms with Crippen molar-refractivity contribution in [1.82, 2.24) is 5.32 Å². The fourth-order valence-corrected chi connectivity index (χ4v) is 2.22. The molecule has 0 heterocycles. The average Bonchev–Trinajstić information content (AvgIpc) is 2.42. The van der Waals surface area contributed by atoms with Crippen LogP contribution in [0.5, 0.6) is 0 Å². The van der Waals surface area contributed by atoms with Gasteiger partial charge in [-0.1, -0.05) is 29.8 Å². The number of benzene rings is 2. The highest BCUT2D eigenvalue weighted by molar-refractivity contribution is 7.80. The molecule has 0 fully saturated rings. The van der Waals surface area contributed by atoms with Crippen molar-refractivity contribution in [2.45, 2.75) is 13.8 Å². The fourth-order valence-electron chi connectivity index (χ4n) is 1.83. The predicted octanol–water partition coefficient (Wildman–Crippen LogP) is 4.08. The summed E-state index contributed by atoms with van der Waals surface area (Å²) in [6, 6.07) is 12.7. The van der Waals surface area contributed by atoms with E-state index in [1.54, 1.807) is 24.3 Å². The van der Waals surface area contributed by atoms with Crippen LogP contribution < -0.4 is 10.6 Å². The number of hydrogen-bond donors (Lipinski definition) is 2. The average molecular weight is 319 g/mol. The van der Waals surface area contributed by atoms with Gasteiger partial charge in [0.15, 0.2) is 5.11 Å². The number of hydrogen-bond acceptors (Lipinski definition) is 2. The number of nitrogens with one attached hydrogen (secondary N) is 2. The maximum absolute atomic E-state index is 12.1. The second-order valence-electron chi connectivity index (χ2n) is 4.74. The van der Waals surface area contributed by atoms with E-state index in [9.17, 15) is 4.79 Å². The van der Waals surface area contributed by atoms with Gasteiger partial charge in [0.05, 0.1) is 0 Å². The van der Waals surface area contributed by atoms with E-state index in [0.717, 1.165) is 16.8 Å². The zero-order valence-electron chi connectivity index (χ0n) is 11.7. The lowest BCUT2D eigenvalue weighted by atomic mass is 10.1. The number of rotatable bonds is 2. The summed E-state index contributed by atoms with van der Waals surface area (Å²) in [6.45, 7) is 3.97. The third-order valence-electron chi connectivity index (χ3n) is 2.96. The van der Waals surface area contributed by atoms with E-state index in [2.05, 4.69) is 10.6 Å². The largest absolute Gasteiger partial charge is 0.332 e. The van der Waals surface area contributed by atoms with Crippen molar-refractivity contribution < 1.29 is 4.79 Å². The Kier molecular flexibility index (Phi) is 4.94. The van der Waals surface area contributed by atoms with E-state index < -0.39 is 0 Å². The summed E-state index contributed by atoms with van der Waals surface area (Å²) in [4.78, 5) is 12.1. The molecule has 0 spiro atoms. The molecule has 2 aromatic carbocycles. The number of halogens is 1. The summed E-state index contributed by atoms with van der Waals surface area (Å²) in [6.07, 6.45) is 0. The van der Waals surface area contributed by atoms with Gasteiger partial charge in [-0.05, 0) is 61.5 Å². The minimum atomic E-state index is -0.291. The molecule has 21 heavy (non-hydrogen) atoms. The first-order valence-corrected chi connectivity index (χ1v) is 7.19. The first kappa shape index (κ1) is 15.5. The highest BCUT2D eigenvalue weighted by atomic mass is 35.5. The number of amides is 1. The first-order valence-electron chi connectivity index (χ1n) is 6.41. The molecule has 0 aromatic heterocycles. The molecule has 0 aliphatic rings. The van der Waals surface area contributed by atoms with Crippen LogP contribution in [0.4, 0.5) is 5.69 Å². The maximum atomic E-state index is 12.1. The topological polar surface area (TPSA) is 41.1 Å². The normalized spacial score (nSPS) is 10.0. The number of thiocarbonyl (C=S) groups is 1. The van der Waals surface area contributed by atoms with Crippen LogP contribution >= 0.6 is 23.8 Å². The Balaban J connectivity index is 2.05. The molecule has 1 amide bonds. The molecule has 0 atom stereocenters. The lowest BCUT2D eigenvalue weighted by Crippen LogP contribution is -2.34. The third kappa shape index (κ3) is 4.28. The number of anilines is 1. The Morgan fingerprint density at radius 2 is 1.90 bits per heavy atom. The van der Waals surface area contributed by atoms with Crippen LogP contribution in [-0.2, 0) is 0 Å². The molecule has 2 aromatic rings. The molecule has 108 valence electrons. The summed E-state index contributed by atoms with van der Waals surface area (Å²) in [5.74, 6) is -0.291. The first-order chi connectivity index (χ1) is 9.95. The number of carbonyl (C=O) groups is 1. The van der Waals surface area contributed by atoms with Crippen molar-refractivity contribution >= 4 is 40.5 Å². The van der Waals surface area contributed by atoms with Crippen molar-refractivity contribution in [3.63, 3.8) is 0 Å². The lowest BCUT2D eigenvalue weighted by Gasteiger charge is -2.12. The van der Waals surface area contributed by atoms with E-state index in [1.165, 1.54) is 0 Å². The lowest BCUT2D eigenvalue weighted by molar-refractivity contribution is 0.0977. The zero-order valence-corrected chi connectivity index (χ0v) is 13.3. The molecule has 0 aliphatic heterocycles. The number of carbonyl (C=O) groups excluding carboxylic acids is 1. The van der Waals surface area contributed by atoms with Crippen LogP contribution in [0, 0.1) is 13.8 Å². The SMILES string of the molecule is Cc1ccc(C)c(NC(=S)NC(=O)c2cccc(Cl)c2)c1. The summed E-state index contributed by atoms with van der Waals surface area (Å²) in [7, 11) is 0. The van der Waals surface area contributed by atoms with Crippen molar-refractivity contribution in [3.05, 3.63) is 64.2 Å². The molecule has 2 N–H and O–H groups in total. The van der Waals surface area contributed by atoms with E-state index in [0.29, 0.717) is 10.6 Å². The molecule has 0 unspecified atom stereocenters. The summed E-state index contributed by atoms with van der Waals surface area (Å²) in [5, 5.41) is 6.44. The second kappa shape index (κ2) is 6.70. The Labute approximate surface area is 134 Å². The van der Waals surface area contributed by atoms with Crippen LogP contribution in [0.2, 0.25) is 5.02 Å². The van der Waals surface area contributed by atoms with Crippen LogP contribution in [0.3, 0.4) is 0 Å². The van der Waals surface area contributed by atoms with Crippen molar-refractivity contribution in [2.75, 3.05) is 5.32 Å². The second-order valence-corrected chi connectivity index (χ2v) is 5.58. The monoisotopic (exact) mass is 318 g/mol. The van der Waals surface area contributed by atoms with Crippen LogP contribution in [-0.4, -0.2) is 11.0 Å². The van der Waals surface area contributed by atoms with Gasteiger partial charge < -0.3 is 5.32 Å². The van der Waals surface area contributed by atoms with Gasteiger partial charge in [0.2, 0.25) is 0 Å². The number of aryl methyl sites for hydroxylation is 2. The molecule has 0 radical (unpaired) electrons. The van der Waals surface area contributed by atoms with Gasteiger partial charge in [-0.25, -0.2) is 0 Å². The Hall–Kier alpha value is -1.91. The van der Waals surface area contributed by atoms with Gasteiger partial charge in [-0.15, -0.1) is 0 Å². The van der Waals surface area contributed by atoms with Gasteiger partial charge in [-0.2, -0.15) is 0 Å². The molecule has 0 saturated carbocycles. The molecule has 0 bridgehead atoms. The van der Waals surface area contributed by atoms with Crippen molar-refractivity contribution in [3.8, 4) is 0 Å². The molecule has 5 heteroatoms. The van der Waals surface area contributed by atoms with Crippen LogP contribution in [0.1, 0.15) is 21.5 Å². The molecule has 3 nitrogen and oxygen atoms in total. The Bertz CT molecular complexity index is 700. The minimum Gasteiger partial charge on any atom is -0.332 e. The third-order valence-corrected chi connectivity index (χ3v) is 3.39. The highest BCUT2D eigenvalue weighted by Gasteiger charge is 2.09. The zero-order chi connectivity index (χ0) is 15.4. The molecular formula is C16H15ClN2OS. The molecule has 0 saturated heterocycles. The van der Waals surface area contributed by atoms with Crippen LogP contribution in [0.25, 0.3) is 0 Å². The van der Waals surface area contributed by atoms with Gasteiger partial charge in [-0.3, -0.25) is 10.1 Å². The smallest absolute Gasteiger partial charge is 0.257 e. The summed E-state index contributed by atoms with van der Waals surface area (Å²) in [5.41, 5.74) is 3.52. The predicted molar refractivity (Wildman–Crippen MR) is 91.1 cm³/mol. The van der Waals surface area contributed by atoms with E-state index >= 15 is 0 Å². The van der Waals surface area contributed by atoms with Crippen molar-refractivity contribution in [2.24, 2.45) is 0 Å². The van der Waals surface area contributed by atoms with Gasteiger partial charge in [0.1, 0.15) is 0 Å². The Morgan fingerprint density at radius 1 is 1.14 bits per heavy atom. The van der Waals surface area contributed by atoms with Gasteiger partial charge >= 0.3 is 0 Å². The Morgan fingerprint density at radius 3 is 2.62 bits per heavy atom.